The van der Waals surface area contributed by atoms with Crippen LogP contribution in [0.5, 0.6) is 0 Å². The van der Waals surface area contributed by atoms with Crippen LogP contribution in [0.2, 0.25) is 0 Å². The van der Waals surface area contributed by atoms with E-state index in [0.717, 1.165) is 13.0 Å². The van der Waals surface area contributed by atoms with Gasteiger partial charge in [0, 0.05) is 13.6 Å². The van der Waals surface area contributed by atoms with Crippen LogP contribution in [0.3, 0.4) is 0 Å². The molecule has 0 aromatic rings. The minimum atomic E-state index is -0.245. The molecule has 1 amide bonds. The van der Waals surface area contributed by atoms with E-state index in [-0.39, 0.29) is 12.8 Å². The highest BCUT2D eigenvalue weighted by Crippen LogP contribution is 2.07. The summed E-state index contributed by atoms with van der Waals surface area (Å²) in [7, 11) is 3.54. The summed E-state index contributed by atoms with van der Waals surface area (Å²) in [5.41, 5.74) is 0. The summed E-state index contributed by atoms with van der Waals surface area (Å²) in [6.07, 6.45) is 8.60. The van der Waals surface area contributed by atoms with Crippen LogP contribution in [0.25, 0.3) is 0 Å². The maximum absolute atomic E-state index is 11.4. The van der Waals surface area contributed by atoms with Crippen LogP contribution in [-0.4, -0.2) is 38.4 Å². The number of ether oxygens (including phenoxy) is 1. The Kier molecular flexibility index (Phi) is 11.2. The molecule has 1 N–H and O–H groups in total. The SMILES string of the molecule is CCCCCCCCCN(C)C(=O)OCNC. The van der Waals surface area contributed by atoms with Gasteiger partial charge < -0.3 is 9.64 Å². The van der Waals surface area contributed by atoms with Crippen molar-refractivity contribution in [3.8, 4) is 0 Å². The summed E-state index contributed by atoms with van der Waals surface area (Å²) in [6, 6.07) is 0. The third-order valence-electron chi connectivity index (χ3n) is 2.75. The lowest BCUT2D eigenvalue weighted by Gasteiger charge is -2.16. The van der Waals surface area contributed by atoms with E-state index in [9.17, 15) is 4.79 Å². The fourth-order valence-corrected chi connectivity index (χ4v) is 1.64. The number of carbonyl (C=O) groups excluding carboxylic acids is 1. The molecule has 0 fully saturated rings. The van der Waals surface area contributed by atoms with E-state index in [4.69, 9.17) is 4.74 Å². The maximum atomic E-state index is 11.4. The van der Waals surface area contributed by atoms with Gasteiger partial charge in [0.2, 0.25) is 0 Å². The van der Waals surface area contributed by atoms with Crippen molar-refractivity contribution in [2.75, 3.05) is 27.4 Å². The predicted molar refractivity (Wildman–Crippen MR) is 71.0 cm³/mol. The van der Waals surface area contributed by atoms with Gasteiger partial charge in [0.05, 0.1) is 0 Å². The predicted octanol–water partition coefficient (Wildman–Crippen LogP) is 2.98. The molecule has 0 rings (SSSR count). The first kappa shape index (κ1) is 16.2. The molecule has 17 heavy (non-hydrogen) atoms. The van der Waals surface area contributed by atoms with Crippen LogP contribution in [0.4, 0.5) is 4.79 Å². The largest absolute Gasteiger partial charge is 0.433 e. The van der Waals surface area contributed by atoms with Gasteiger partial charge in [0.1, 0.15) is 6.73 Å². The Labute approximate surface area is 106 Å². The molecular weight excluding hydrogens is 216 g/mol. The smallest absolute Gasteiger partial charge is 0.410 e. The summed E-state index contributed by atoms with van der Waals surface area (Å²) in [6.45, 7) is 3.29. The topological polar surface area (TPSA) is 41.6 Å². The standard InChI is InChI=1S/C13H28N2O2/c1-4-5-6-7-8-9-10-11-15(3)13(16)17-12-14-2/h14H,4-12H2,1-3H3. The van der Waals surface area contributed by atoms with Gasteiger partial charge in [-0.1, -0.05) is 45.4 Å². The monoisotopic (exact) mass is 244 g/mol. The molecule has 4 nitrogen and oxygen atoms in total. The zero-order valence-electron chi connectivity index (χ0n) is 11.6. The van der Waals surface area contributed by atoms with E-state index in [1.807, 2.05) is 0 Å². The van der Waals surface area contributed by atoms with Crippen molar-refractivity contribution >= 4 is 6.09 Å². The summed E-state index contributed by atoms with van der Waals surface area (Å²) in [4.78, 5) is 13.0. The number of amides is 1. The van der Waals surface area contributed by atoms with Crippen molar-refractivity contribution in [2.45, 2.75) is 51.9 Å². The van der Waals surface area contributed by atoms with E-state index < -0.39 is 0 Å². The van der Waals surface area contributed by atoms with Gasteiger partial charge >= 0.3 is 6.09 Å². The number of unbranched alkanes of at least 4 members (excludes halogenated alkanes) is 6. The molecule has 0 aliphatic rings. The van der Waals surface area contributed by atoms with Gasteiger partial charge in [-0.3, -0.25) is 5.32 Å². The highest BCUT2D eigenvalue weighted by atomic mass is 16.6. The van der Waals surface area contributed by atoms with Crippen molar-refractivity contribution in [3.05, 3.63) is 0 Å². The molecule has 0 unspecified atom stereocenters. The normalized spacial score (nSPS) is 10.3. The van der Waals surface area contributed by atoms with E-state index in [1.165, 1.54) is 38.5 Å². The van der Waals surface area contributed by atoms with Crippen molar-refractivity contribution in [2.24, 2.45) is 0 Å². The minimum Gasteiger partial charge on any atom is -0.433 e. The number of carbonyl (C=O) groups is 1. The average Bonchev–Trinajstić information content (AvgIpc) is 2.34. The van der Waals surface area contributed by atoms with Crippen LogP contribution < -0.4 is 5.32 Å². The summed E-state index contributed by atoms with van der Waals surface area (Å²) >= 11 is 0. The lowest BCUT2D eigenvalue weighted by Crippen LogP contribution is -2.30. The lowest BCUT2D eigenvalue weighted by molar-refractivity contribution is 0.105. The Hall–Kier alpha value is -0.770. The Morgan fingerprint density at radius 2 is 1.71 bits per heavy atom. The van der Waals surface area contributed by atoms with Crippen molar-refractivity contribution in [1.82, 2.24) is 10.2 Å². The molecule has 0 atom stereocenters. The van der Waals surface area contributed by atoms with Gasteiger partial charge in [-0.25, -0.2) is 4.79 Å². The summed E-state index contributed by atoms with van der Waals surface area (Å²) < 4.78 is 4.94. The first-order valence-corrected chi connectivity index (χ1v) is 6.74. The second kappa shape index (κ2) is 11.7. The molecule has 102 valence electrons. The van der Waals surface area contributed by atoms with E-state index in [2.05, 4.69) is 12.2 Å². The Bertz CT molecular complexity index is 186. The average molecular weight is 244 g/mol. The van der Waals surface area contributed by atoms with Gasteiger partial charge in [-0.2, -0.15) is 0 Å². The fraction of sp³-hybridized carbons (Fsp3) is 0.923. The summed E-state index contributed by atoms with van der Waals surface area (Å²) in [5.74, 6) is 0. The zero-order valence-corrected chi connectivity index (χ0v) is 11.6. The Balaban J connectivity index is 3.32. The molecule has 4 heteroatoms. The van der Waals surface area contributed by atoms with Gasteiger partial charge in [0.15, 0.2) is 0 Å². The Morgan fingerprint density at radius 3 is 2.29 bits per heavy atom. The van der Waals surface area contributed by atoms with Gasteiger partial charge in [-0.15, -0.1) is 0 Å². The maximum Gasteiger partial charge on any atom is 0.410 e. The molecule has 0 radical (unpaired) electrons. The van der Waals surface area contributed by atoms with Crippen LogP contribution >= 0.6 is 0 Å². The molecule has 0 spiro atoms. The second-order valence-electron chi connectivity index (χ2n) is 4.45. The Morgan fingerprint density at radius 1 is 1.12 bits per heavy atom. The second-order valence-corrected chi connectivity index (χ2v) is 4.45. The van der Waals surface area contributed by atoms with Crippen LogP contribution in [0.15, 0.2) is 0 Å². The summed E-state index contributed by atoms with van der Waals surface area (Å²) in [5, 5.41) is 2.78. The highest BCUT2D eigenvalue weighted by Gasteiger charge is 2.08. The van der Waals surface area contributed by atoms with Crippen LogP contribution in [-0.2, 0) is 4.74 Å². The molecule has 0 saturated heterocycles. The van der Waals surface area contributed by atoms with Gasteiger partial charge in [-0.05, 0) is 13.5 Å². The van der Waals surface area contributed by atoms with E-state index in [1.54, 1.807) is 19.0 Å². The minimum absolute atomic E-state index is 0.245. The molecule has 0 aliphatic heterocycles. The van der Waals surface area contributed by atoms with Crippen molar-refractivity contribution in [3.63, 3.8) is 0 Å². The first-order chi connectivity index (χ1) is 8.22. The quantitative estimate of drug-likeness (QED) is 0.474. The molecular formula is C13H28N2O2. The fourth-order valence-electron chi connectivity index (χ4n) is 1.64. The number of hydrogen-bond acceptors (Lipinski definition) is 3. The number of rotatable bonds is 10. The lowest BCUT2D eigenvalue weighted by atomic mass is 10.1. The number of nitrogens with one attached hydrogen (secondary N) is 1. The third-order valence-corrected chi connectivity index (χ3v) is 2.75. The van der Waals surface area contributed by atoms with Crippen LogP contribution in [0.1, 0.15) is 51.9 Å². The van der Waals surface area contributed by atoms with Crippen LogP contribution in [0, 0.1) is 0 Å². The first-order valence-electron chi connectivity index (χ1n) is 6.74. The molecule has 0 bridgehead atoms. The van der Waals surface area contributed by atoms with Gasteiger partial charge in [0.25, 0.3) is 0 Å². The van der Waals surface area contributed by atoms with E-state index >= 15 is 0 Å². The van der Waals surface area contributed by atoms with E-state index in [0.29, 0.717) is 0 Å². The molecule has 0 aromatic carbocycles. The molecule has 0 aliphatic carbocycles. The number of hydrogen-bond donors (Lipinski definition) is 1. The highest BCUT2D eigenvalue weighted by molar-refractivity contribution is 5.67. The number of nitrogens with zero attached hydrogens (tertiary/aromatic N) is 1. The molecule has 0 aromatic heterocycles. The third kappa shape index (κ3) is 10.1. The molecule has 0 saturated carbocycles. The van der Waals surface area contributed by atoms with Crippen molar-refractivity contribution < 1.29 is 9.53 Å². The molecule has 0 heterocycles. The zero-order chi connectivity index (χ0) is 12.9. The van der Waals surface area contributed by atoms with Crippen molar-refractivity contribution in [1.29, 1.82) is 0 Å².